The molecule has 2 heterocycles. The molecule has 2 aromatic rings. The van der Waals surface area contributed by atoms with Crippen LogP contribution < -0.4 is 0 Å². The Balaban J connectivity index is 1.95. The van der Waals surface area contributed by atoms with Crippen LogP contribution in [0.5, 0.6) is 0 Å². The fourth-order valence-electron chi connectivity index (χ4n) is 2.07. The van der Waals surface area contributed by atoms with Crippen molar-refractivity contribution in [3.05, 3.63) is 58.0 Å². The fraction of sp³-hybridized carbons (Fsp3) is 0.133. The quantitative estimate of drug-likeness (QED) is 0.675. The average molecular weight is 326 g/mol. The Hall–Kier alpha value is -1.53. The molecule has 21 heavy (non-hydrogen) atoms. The van der Waals surface area contributed by atoms with Gasteiger partial charge < -0.3 is 0 Å². The van der Waals surface area contributed by atoms with Gasteiger partial charge in [-0.15, -0.1) is 23.1 Å². The van der Waals surface area contributed by atoms with Crippen LogP contribution in [0.15, 0.2) is 45.5 Å². The van der Waals surface area contributed by atoms with Crippen molar-refractivity contribution >= 4 is 35.0 Å². The molecule has 3 rings (SSSR count). The Labute approximate surface area is 127 Å². The van der Waals surface area contributed by atoms with Crippen LogP contribution in [0.3, 0.4) is 0 Å². The number of rotatable bonds is 1. The summed E-state index contributed by atoms with van der Waals surface area (Å²) in [6, 6.07) is 6.77. The maximum atomic E-state index is 12.7. The number of hydrogen-bond acceptors (Lipinski definition) is 3. The van der Waals surface area contributed by atoms with Crippen LogP contribution in [0.2, 0.25) is 0 Å². The van der Waals surface area contributed by atoms with Gasteiger partial charge in [0.2, 0.25) is 0 Å². The Bertz CT molecular complexity index is 729. The Morgan fingerprint density at radius 3 is 2.76 bits per heavy atom. The summed E-state index contributed by atoms with van der Waals surface area (Å²) in [5.74, 6) is 0.394. The van der Waals surface area contributed by atoms with Crippen molar-refractivity contribution in [2.75, 3.05) is 5.75 Å². The molecule has 1 aliphatic heterocycles. The number of alkyl halides is 3. The molecule has 0 aliphatic carbocycles. The predicted octanol–water partition coefficient (Wildman–Crippen LogP) is 5.14. The molecule has 0 radical (unpaired) electrons. The van der Waals surface area contributed by atoms with Gasteiger partial charge in [-0.2, -0.15) is 13.2 Å². The van der Waals surface area contributed by atoms with Crippen molar-refractivity contribution in [1.29, 1.82) is 0 Å². The minimum absolute atomic E-state index is 0.0950. The second-order valence-electron chi connectivity index (χ2n) is 4.53. The standard InChI is InChI=1S/C15H9F3OS2/c16-15(17,18)11-3-1-2-9(7-11)6-10-8-21-14-12(13(10)19)4-5-20-14/h1-7H,8H2/b10-6-. The SMILES string of the molecule is O=C1/C(=C\c2cccc(C(F)(F)F)c2)CSc2sccc21. The highest BCUT2D eigenvalue weighted by molar-refractivity contribution is 8.01. The van der Waals surface area contributed by atoms with Gasteiger partial charge in [0.05, 0.1) is 9.77 Å². The third kappa shape index (κ3) is 2.91. The molecule has 1 aromatic heterocycles. The van der Waals surface area contributed by atoms with Crippen molar-refractivity contribution in [1.82, 2.24) is 0 Å². The molecule has 0 spiro atoms. The number of thiophene rings is 1. The van der Waals surface area contributed by atoms with E-state index >= 15 is 0 Å². The summed E-state index contributed by atoms with van der Waals surface area (Å²) in [4.78, 5) is 12.3. The summed E-state index contributed by atoms with van der Waals surface area (Å²) in [7, 11) is 0. The first-order valence-corrected chi connectivity index (χ1v) is 7.94. The highest BCUT2D eigenvalue weighted by Gasteiger charge is 2.30. The normalized spacial score (nSPS) is 17.1. The lowest BCUT2D eigenvalue weighted by atomic mass is 10.0. The smallest absolute Gasteiger partial charge is 0.289 e. The van der Waals surface area contributed by atoms with Crippen LogP contribution in [0, 0.1) is 0 Å². The summed E-state index contributed by atoms with van der Waals surface area (Å²) in [6.45, 7) is 0. The van der Waals surface area contributed by atoms with Crippen LogP contribution in [0.1, 0.15) is 21.5 Å². The molecule has 0 fully saturated rings. The molecule has 108 valence electrons. The molecule has 0 saturated carbocycles. The van der Waals surface area contributed by atoms with Crippen molar-refractivity contribution in [2.24, 2.45) is 0 Å². The third-order valence-electron chi connectivity index (χ3n) is 3.08. The van der Waals surface area contributed by atoms with E-state index in [4.69, 9.17) is 0 Å². The van der Waals surface area contributed by atoms with Crippen LogP contribution in [0.4, 0.5) is 13.2 Å². The summed E-state index contributed by atoms with van der Waals surface area (Å²) in [5.41, 5.74) is 0.871. The predicted molar refractivity (Wildman–Crippen MR) is 78.8 cm³/mol. The van der Waals surface area contributed by atoms with E-state index in [0.29, 0.717) is 22.5 Å². The highest BCUT2D eigenvalue weighted by atomic mass is 32.2. The van der Waals surface area contributed by atoms with Gasteiger partial charge in [0.1, 0.15) is 0 Å². The van der Waals surface area contributed by atoms with E-state index in [2.05, 4.69) is 0 Å². The molecular formula is C15H9F3OS2. The first-order chi connectivity index (χ1) is 9.95. The Morgan fingerprint density at radius 1 is 1.19 bits per heavy atom. The molecule has 0 saturated heterocycles. The molecular weight excluding hydrogens is 317 g/mol. The summed E-state index contributed by atoms with van der Waals surface area (Å²) in [5, 5.41) is 1.85. The average Bonchev–Trinajstić information content (AvgIpc) is 2.91. The third-order valence-corrected chi connectivity index (χ3v) is 5.37. The van der Waals surface area contributed by atoms with Gasteiger partial charge in [0.15, 0.2) is 5.78 Å². The van der Waals surface area contributed by atoms with Crippen molar-refractivity contribution < 1.29 is 18.0 Å². The molecule has 0 atom stereocenters. The largest absolute Gasteiger partial charge is 0.416 e. The molecule has 6 heteroatoms. The first kappa shape index (κ1) is 14.4. The van der Waals surface area contributed by atoms with Gasteiger partial charge in [0.25, 0.3) is 0 Å². The van der Waals surface area contributed by atoms with Gasteiger partial charge in [-0.25, -0.2) is 0 Å². The van der Waals surface area contributed by atoms with Gasteiger partial charge in [-0.3, -0.25) is 4.79 Å². The second kappa shape index (κ2) is 5.35. The first-order valence-electron chi connectivity index (χ1n) is 6.08. The van der Waals surface area contributed by atoms with E-state index in [1.807, 2.05) is 5.38 Å². The molecule has 1 aromatic carbocycles. The minimum atomic E-state index is -4.37. The van der Waals surface area contributed by atoms with E-state index in [9.17, 15) is 18.0 Å². The number of benzene rings is 1. The zero-order chi connectivity index (χ0) is 15.0. The monoisotopic (exact) mass is 326 g/mol. The second-order valence-corrected chi connectivity index (χ2v) is 6.69. The van der Waals surface area contributed by atoms with E-state index in [1.165, 1.54) is 17.4 Å². The molecule has 0 bridgehead atoms. The summed E-state index contributed by atoms with van der Waals surface area (Å²) in [6.07, 6.45) is -2.83. The van der Waals surface area contributed by atoms with Gasteiger partial charge >= 0.3 is 6.18 Å². The molecule has 0 amide bonds. The van der Waals surface area contributed by atoms with Gasteiger partial charge in [-0.05, 0) is 35.2 Å². The maximum Gasteiger partial charge on any atom is 0.416 e. The maximum absolute atomic E-state index is 12.7. The number of carbonyl (C=O) groups is 1. The number of halogens is 3. The topological polar surface area (TPSA) is 17.1 Å². The van der Waals surface area contributed by atoms with Crippen LogP contribution in [0.25, 0.3) is 6.08 Å². The van der Waals surface area contributed by atoms with Crippen molar-refractivity contribution in [3.63, 3.8) is 0 Å². The Morgan fingerprint density at radius 2 is 2.00 bits per heavy atom. The molecule has 0 unspecified atom stereocenters. The van der Waals surface area contributed by atoms with E-state index in [1.54, 1.807) is 30.0 Å². The van der Waals surface area contributed by atoms with Gasteiger partial charge in [0, 0.05) is 16.9 Å². The molecule has 1 nitrogen and oxygen atoms in total. The van der Waals surface area contributed by atoms with E-state index in [0.717, 1.165) is 16.3 Å². The van der Waals surface area contributed by atoms with E-state index < -0.39 is 11.7 Å². The van der Waals surface area contributed by atoms with Crippen molar-refractivity contribution in [3.8, 4) is 0 Å². The lowest BCUT2D eigenvalue weighted by Crippen LogP contribution is -2.10. The minimum Gasteiger partial charge on any atom is -0.289 e. The molecule has 0 N–H and O–H groups in total. The number of ketones is 1. The van der Waals surface area contributed by atoms with Gasteiger partial charge in [-0.1, -0.05) is 12.1 Å². The number of thioether (sulfide) groups is 1. The number of hydrogen-bond donors (Lipinski definition) is 0. The van der Waals surface area contributed by atoms with Crippen LogP contribution in [-0.2, 0) is 6.18 Å². The summed E-state index contributed by atoms with van der Waals surface area (Å²) < 4.78 is 39.0. The van der Waals surface area contributed by atoms with Crippen molar-refractivity contribution in [2.45, 2.75) is 10.4 Å². The zero-order valence-electron chi connectivity index (χ0n) is 10.6. The highest BCUT2D eigenvalue weighted by Crippen LogP contribution is 2.37. The number of Topliss-reactive ketones (excluding diaryl/α,β-unsaturated/α-hetero) is 1. The Kier molecular flexibility index (Phi) is 3.67. The zero-order valence-corrected chi connectivity index (χ0v) is 12.2. The molecule has 1 aliphatic rings. The lowest BCUT2D eigenvalue weighted by Gasteiger charge is -2.13. The van der Waals surface area contributed by atoms with Crippen LogP contribution in [-0.4, -0.2) is 11.5 Å². The lowest BCUT2D eigenvalue weighted by molar-refractivity contribution is -0.137. The fourth-order valence-corrected chi connectivity index (χ4v) is 4.12. The summed E-state index contributed by atoms with van der Waals surface area (Å²) >= 11 is 3.05. The number of carbonyl (C=O) groups excluding carboxylic acids is 1. The van der Waals surface area contributed by atoms with Crippen LogP contribution >= 0.6 is 23.1 Å². The number of fused-ring (bicyclic) bond motifs is 1. The van der Waals surface area contributed by atoms with E-state index in [-0.39, 0.29) is 5.78 Å².